The number of non-ortho nitro benzene ring substituents is 1. The Morgan fingerprint density at radius 1 is 0.815 bits per heavy atom. The molecule has 1 saturated heterocycles. The first-order valence-electron chi connectivity index (χ1n) is 16.1. The number of phenols is 2. The van der Waals surface area contributed by atoms with Crippen LogP contribution in [0, 0.1) is 10.1 Å². The predicted molar refractivity (Wildman–Crippen MR) is 177 cm³/mol. The summed E-state index contributed by atoms with van der Waals surface area (Å²) in [7, 11) is 1.28. The number of aliphatic hydroxyl groups excluding tert-OH is 1. The molecule has 0 bridgehead atoms. The fraction of sp³-hybridized carbons (Fsp3) is 0.429. The molecule has 296 valence electrons. The maximum absolute atomic E-state index is 12.7. The van der Waals surface area contributed by atoms with Crippen molar-refractivity contribution >= 4 is 17.3 Å². The second-order valence-corrected chi connectivity index (χ2v) is 11.9. The number of nitro benzene ring substituents is 1. The standard InChI is InChI=1S/C21H22F3NO8.C14H15F3O4/c1-12(26)15-4-6-17(16(20(15)28)7-8-21(22,23)24)32-10-14(27)11-33-18-5-3-13(25(29)30)9-19(18)31-2;1-8(18)10-2-3-12(21-7-9-6-20-9)11(13(10)19)4-5-14(15,16)17/h3-6,9,14,27-28H,7-8,10-11H2,1-2H3;2-3,9,19H,4-7H2,1H3. The van der Waals surface area contributed by atoms with Crippen LogP contribution in [0.25, 0.3) is 0 Å². The van der Waals surface area contributed by atoms with Crippen molar-refractivity contribution in [2.75, 3.05) is 33.5 Å². The van der Waals surface area contributed by atoms with Gasteiger partial charge in [-0.2, -0.15) is 26.3 Å². The number of alkyl halides is 6. The Bertz CT molecular complexity index is 1790. The van der Waals surface area contributed by atoms with Crippen LogP contribution in [0.1, 0.15) is 58.5 Å². The number of aliphatic hydroxyl groups is 1. The number of epoxide rings is 1. The Hall–Kier alpha value is -5.30. The highest BCUT2D eigenvalue weighted by atomic mass is 19.4. The number of aromatic hydroxyl groups is 2. The average molecular weight is 778 g/mol. The summed E-state index contributed by atoms with van der Waals surface area (Å²) in [6, 6.07) is 8.84. The molecule has 0 saturated carbocycles. The Labute approximate surface area is 304 Å². The van der Waals surface area contributed by atoms with Crippen LogP contribution in [0.15, 0.2) is 42.5 Å². The second-order valence-electron chi connectivity index (χ2n) is 11.9. The zero-order valence-corrected chi connectivity index (χ0v) is 29.1. The molecule has 19 heteroatoms. The number of nitro groups is 1. The molecule has 3 aromatic rings. The molecule has 0 amide bonds. The topological polar surface area (TPSA) is 187 Å². The first-order valence-corrected chi connectivity index (χ1v) is 16.1. The normalized spacial score (nSPS) is 14.3. The van der Waals surface area contributed by atoms with Crippen LogP contribution in [0.2, 0.25) is 0 Å². The number of hydrogen-bond acceptors (Lipinski definition) is 12. The van der Waals surface area contributed by atoms with Gasteiger partial charge in [0, 0.05) is 30.0 Å². The minimum atomic E-state index is -4.49. The van der Waals surface area contributed by atoms with Gasteiger partial charge in [-0.15, -0.1) is 0 Å². The molecular formula is C35H37F6NO12. The minimum Gasteiger partial charge on any atom is -0.507 e. The molecule has 0 aliphatic carbocycles. The molecule has 1 aliphatic rings. The van der Waals surface area contributed by atoms with Crippen molar-refractivity contribution in [3.63, 3.8) is 0 Å². The van der Waals surface area contributed by atoms with Crippen molar-refractivity contribution in [1.82, 2.24) is 0 Å². The fourth-order valence-electron chi connectivity index (χ4n) is 4.75. The van der Waals surface area contributed by atoms with Gasteiger partial charge in [-0.3, -0.25) is 19.7 Å². The first-order chi connectivity index (χ1) is 25.2. The summed E-state index contributed by atoms with van der Waals surface area (Å²) in [5.41, 5.74) is -0.579. The van der Waals surface area contributed by atoms with Crippen LogP contribution in [0.5, 0.6) is 34.5 Å². The van der Waals surface area contributed by atoms with Crippen molar-refractivity contribution in [1.29, 1.82) is 0 Å². The lowest BCUT2D eigenvalue weighted by atomic mass is 10.0. The smallest absolute Gasteiger partial charge is 0.389 e. The third kappa shape index (κ3) is 13.3. The fourth-order valence-corrected chi connectivity index (χ4v) is 4.75. The molecule has 2 atom stereocenters. The molecule has 3 N–H and O–H groups in total. The number of halogens is 6. The quantitative estimate of drug-likeness (QED) is 0.0434. The monoisotopic (exact) mass is 777 g/mol. The van der Waals surface area contributed by atoms with Crippen LogP contribution in [0.3, 0.4) is 0 Å². The maximum atomic E-state index is 12.7. The van der Waals surface area contributed by atoms with E-state index in [1.807, 2.05) is 0 Å². The number of ether oxygens (including phenoxy) is 5. The van der Waals surface area contributed by atoms with E-state index in [4.69, 9.17) is 23.7 Å². The number of Topliss-reactive ketones (excluding diaryl/α,β-unsaturated/α-hetero) is 2. The van der Waals surface area contributed by atoms with Gasteiger partial charge < -0.3 is 39.0 Å². The molecule has 1 heterocycles. The summed E-state index contributed by atoms with van der Waals surface area (Å²) in [5, 5.41) is 41.3. The predicted octanol–water partition coefficient (Wildman–Crippen LogP) is 6.69. The molecule has 2 unspecified atom stereocenters. The van der Waals surface area contributed by atoms with Crippen LogP contribution in [-0.2, 0) is 17.6 Å². The molecule has 1 fully saturated rings. The van der Waals surface area contributed by atoms with Crippen molar-refractivity contribution in [3.8, 4) is 34.5 Å². The third-order valence-electron chi connectivity index (χ3n) is 7.60. The van der Waals surface area contributed by atoms with Gasteiger partial charge >= 0.3 is 12.4 Å². The van der Waals surface area contributed by atoms with Crippen LogP contribution < -0.4 is 18.9 Å². The minimum absolute atomic E-state index is 0.000625. The van der Waals surface area contributed by atoms with Crippen molar-refractivity contribution < 1.29 is 79.9 Å². The summed E-state index contributed by atoms with van der Waals surface area (Å²) in [5.74, 6) is -1.78. The van der Waals surface area contributed by atoms with Crippen molar-refractivity contribution in [3.05, 3.63) is 74.8 Å². The van der Waals surface area contributed by atoms with E-state index < -0.39 is 78.7 Å². The van der Waals surface area contributed by atoms with Gasteiger partial charge in [-0.25, -0.2) is 0 Å². The Morgan fingerprint density at radius 2 is 1.26 bits per heavy atom. The maximum Gasteiger partial charge on any atom is 0.389 e. The average Bonchev–Trinajstić information content (AvgIpc) is 3.91. The zero-order valence-electron chi connectivity index (χ0n) is 29.1. The molecule has 4 rings (SSSR count). The number of carbonyl (C=O) groups excluding carboxylic acids is 2. The van der Waals surface area contributed by atoms with Crippen LogP contribution >= 0.6 is 0 Å². The van der Waals surface area contributed by atoms with Gasteiger partial charge in [0.15, 0.2) is 23.1 Å². The van der Waals surface area contributed by atoms with Gasteiger partial charge in [0.2, 0.25) is 0 Å². The summed E-state index contributed by atoms with van der Waals surface area (Å²) >= 11 is 0. The highest BCUT2D eigenvalue weighted by molar-refractivity contribution is 5.98. The number of ketones is 2. The molecule has 54 heavy (non-hydrogen) atoms. The lowest BCUT2D eigenvalue weighted by Crippen LogP contribution is -2.25. The van der Waals surface area contributed by atoms with E-state index >= 15 is 0 Å². The summed E-state index contributed by atoms with van der Waals surface area (Å²) in [6.07, 6.45) is -13.6. The zero-order chi connectivity index (χ0) is 40.4. The Kier molecular flexibility index (Phi) is 14.9. The summed E-state index contributed by atoms with van der Waals surface area (Å²) < 4.78 is 101. The number of carbonyl (C=O) groups is 2. The lowest BCUT2D eigenvalue weighted by molar-refractivity contribution is -0.385. The number of rotatable bonds is 17. The van der Waals surface area contributed by atoms with E-state index in [1.54, 1.807) is 0 Å². The summed E-state index contributed by atoms with van der Waals surface area (Å²) in [4.78, 5) is 33.2. The van der Waals surface area contributed by atoms with Gasteiger partial charge in [-0.05, 0) is 57.0 Å². The molecule has 0 aromatic heterocycles. The molecule has 1 aliphatic heterocycles. The molecular weight excluding hydrogens is 740 g/mol. The van der Waals surface area contributed by atoms with Gasteiger partial charge in [0.1, 0.15) is 55.0 Å². The number of phenolic OH excluding ortho intramolecular Hbond substituents is 2. The van der Waals surface area contributed by atoms with Crippen molar-refractivity contribution in [2.24, 2.45) is 0 Å². The number of nitrogens with zero attached hydrogens (tertiary/aromatic N) is 1. The van der Waals surface area contributed by atoms with Gasteiger partial charge in [0.05, 0.1) is 35.8 Å². The summed E-state index contributed by atoms with van der Waals surface area (Å²) in [6.45, 7) is 2.42. The highest BCUT2D eigenvalue weighted by Crippen LogP contribution is 2.37. The van der Waals surface area contributed by atoms with E-state index in [0.717, 1.165) is 13.0 Å². The van der Waals surface area contributed by atoms with Gasteiger partial charge in [0.25, 0.3) is 5.69 Å². The highest BCUT2D eigenvalue weighted by Gasteiger charge is 2.31. The van der Waals surface area contributed by atoms with E-state index in [-0.39, 0.29) is 70.3 Å². The van der Waals surface area contributed by atoms with Crippen LogP contribution in [-0.4, -0.2) is 89.9 Å². The molecule has 0 radical (unpaired) electrons. The number of benzene rings is 3. The van der Waals surface area contributed by atoms with Crippen molar-refractivity contribution in [2.45, 2.75) is 64.1 Å². The number of methoxy groups -OCH3 is 1. The molecule has 0 spiro atoms. The van der Waals surface area contributed by atoms with E-state index in [2.05, 4.69) is 0 Å². The van der Waals surface area contributed by atoms with Crippen LogP contribution in [0.4, 0.5) is 32.0 Å². The largest absolute Gasteiger partial charge is 0.507 e. The van der Waals surface area contributed by atoms with E-state index in [0.29, 0.717) is 6.61 Å². The number of hydrogen-bond donors (Lipinski definition) is 3. The molecule has 3 aromatic carbocycles. The Morgan fingerprint density at radius 3 is 1.67 bits per heavy atom. The van der Waals surface area contributed by atoms with Gasteiger partial charge in [-0.1, -0.05) is 0 Å². The lowest BCUT2D eigenvalue weighted by Gasteiger charge is -2.18. The Balaban J connectivity index is 0.000000320. The third-order valence-corrected chi connectivity index (χ3v) is 7.60. The SMILES string of the molecule is CC(=O)c1ccc(OCC2CO2)c(CCC(F)(F)F)c1O.COc1cc([N+](=O)[O-])ccc1OCC(O)COc1ccc(C(C)=O)c(O)c1CCC(F)(F)F. The molecule has 13 nitrogen and oxygen atoms in total. The second kappa shape index (κ2) is 18.6. The first kappa shape index (κ1) is 43.1. The van der Waals surface area contributed by atoms with E-state index in [1.165, 1.54) is 50.4 Å². The van der Waals surface area contributed by atoms with E-state index in [9.17, 15) is 61.4 Å².